The van der Waals surface area contributed by atoms with E-state index in [-0.39, 0.29) is 10.9 Å². The quantitative estimate of drug-likeness (QED) is 0.825. The molecule has 0 aliphatic rings. The third-order valence-corrected chi connectivity index (χ3v) is 4.92. The van der Waals surface area contributed by atoms with Gasteiger partial charge in [-0.2, -0.15) is 0 Å². The molecule has 0 aliphatic carbocycles. The van der Waals surface area contributed by atoms with Crippen LogP contribution in [0.2, 0.25) is 0 Å². The van der Waals surface area contributed by atoms with Crippen molar-refractivity contribution in [3.05, 3.63) is 28.2 Å². The van der Waals surface area contributed by atoms with Crippen molar-refractivity contribution in [2.75, 3.05) is 0 Å². The van der Waals surface area contributed by atoms with E-state index >= 15 is 0 Å². The minimum absolute atomic E-state index is 0.252. The average Bonchev–Trinajstić information content (AvgIpc) is 2.08. The summed E-state index contributed by atoms with van der Waals surface area (Å²) in [5.41, 5.74) is 3.81. The van der Waals surface area contributed by atoms with E-state index in [1.54, 1.807) is 0 Å². The first kappa shape index (κ1) is 17.0. The molecule has 0 radical (unpaired) electrons. The average molecular weight is 371 g/mol. The van der Waals surface area contributed by atoms with Gasteiger partial charge >= 0.3 is 0 Å². The predicted octanol–water partition coefficient (Wildman–Crippen LogP) is 1.66. The molecular weight excluding hydrogens is 358 g/mol. The molecule has 0 saturated carbocycles. The van der Waals surface area contributed by atoms with Gasteiger partial charge in [-0.05, 0) is 35.8 Å². The van der Waals surface area contributed by atoms with E-state index in [1.807, 2.05) is 0 Å². The minimum Gasteiger partial charge on any atom is -0.370 e. The van der Waals surface area contributed by atoms with Gasteiger partial charge in [0, 0.05) is 22.5 Å². The molecule has 0 unspecified atom stereocenters. The smallest absolute Gasteiger partial charge is 0.245 e. The monoisotopic (exact) mass is 370 g/mol. The number of sulfonamides is 1. The lowest BCUT2D eigenvalue weighted by Crippen LogP contribution is -2.46. The largest absolute Gasteiger partial charge is 0.370 e. The Kier molecular flexibility index (Phi) is 4.88. The normalized spacial score (nSPS) is 12.4. The number of nitrogens with one attached hydrogen (secondary N) is 1. The number of carbonyl (C=O) groups is 1. The van der Waals surface area contributed by atoms with Crippen molar-refractivity contribution in [1.82, 2.24) is 4.72 Å². The molecule has 0 saturated heterocycles. The van der Waals surface area contributed by atoms with Crippen LogP contribution in [0.3, 0.4) is 0 Å². The summed E-state index contributed by atoms with van der Waals surface area (Å²) in [7, 11) is -4.29. The molecule has 1 rings (SSSR count). The summed E-state index contributed by atoms with van der Waals surface area (Å²) >= 11 is 2.80. The zero-order chi connectivity index (χ0) is 15.7. The Morgan fingerprint density at radius 2 is 1.95 bits per heavy atom. The van der Waals surface area contributed by atoms with Crippen molar-refractivity contribution in [1.29, 1.82) is 0 Å². The maximum absolute atomic E-state index is 13.7. The highest BCUT2D eigenvalue weighted by atomic mass is 79.9. The first-order chi connectivity index (χ1) is 8.94. The summed E-state index contributed by atoms with van der Waals surface area (Å²) in [4.78, 5) is 10.1. The first-order valence-electron chi connectivity index (χ1n) is 5.41. The second kappa shape index (κ2) is 5.74. The Bertz CT molecular complexity index is 624. The molecule has 0 bridgehead atoms. The zero-order valence-corrected chi connectivity index (χ0v) is 13.1. The molecule has 20 heavy (non-hydrogen) atoms. The molecule has 0 aromatic heterocycles. The number of hydrogen-bond acceptors (Lipinski definition) is 3. The van der Waals surface area contributed by atoms with Crippen molar-refractivity contribution < 1.29 is 22.0 Å². The number of hydrogen-bond donors (Lipinski definition) is 2. The Morgan fingerprint density at radius 3 is 2.40 bits per heavy atom. The van der Waals surface area contributed by atoms with Crippen LogP contribution in [0.15, 0.2) is 21.5 Å². The van der Waals surface area contributed by atoms with Crippen LogP contribution in [0, 0.1) is 11.6 Å². The van der Waals surface area contributed by atoms with Crippen LogP contribution in [0.5, 0.6) is 0 Å². The molecule has 0 atom stereocenters. The van der Waals surface area contributed by atoms with Crippen LogP contribution in [-0.4, -0.2) is 19.9 Å². The zero-order valence-electron chi connectivity index (χ0n) is 10.7. The van der Waals surface area contributed by atoms with E-state index in [4.69, 9.17) is 5.73 Å². The SMILES string of the molecule is CC(C)(CC(N)=O)NS(=O)(=O)c1c(F)cc(F)cc1Br. The summed E-state index contributed by atoms with van der Waals surface area (Å²) in [6.07, 6.45) is -0.271. The van der Waals surface area contributed by atoms with Gasteiger partial charge in [-0.1, -0.05) is 0 Å². The predicted molar refractivity (Wildman–Crippen MR) is 72.3 cm³/mol. The van der Waals surface area contributed by atoms with Gasteiger partial charge in [0.2, 0.25) is 15.9 Å². The molecule has 5 nitrogen and oxygen atoms in total. The summed E-state index contributed by atoms with van der Waals surface area (Å²) in [5, 5.41) is 0. The van der Waals surface area contributed by atoms with Gasteiger partial charge in [0.25, 0.3) is 0 Å². The van der Waals surface area contributed by atoms with Crippen LogP contribution in [0.25, 0.3) is 0 Å². The number of amides is 1. The van der Waals surface area contributed by atoms with E-state index in [0.29, 0.717) is 6.07 Å². The van der Waals surface area contributed by atoms with Gasteiger partial charge in [0.05, 0.1) is 0 Å². The number of benzene rings is 1. The topological polar surface area (TPSA) is 89.3 Å². The Hall–Kier alpha value is -1.06. The van der Waals surface area contributed by atoms with Gasteiger partial charge in [-0.3, -0.25) is 4.79 Å². The third-order valence-electron chi connectivity index (χ3n) is 2.26. The minimum atomic E-state index is -4.29. The molecule has 1 amide bonds. The highest BCUT2D eigenvalue weighted by Gasteiger charge is 2.31. The van der Waals surface area contributed by atoms with E-state index in [9.17, 15) is 22.0 Å². The first-order valence-corrected chi connectivity index (χ1v) is 7.69. The summed E-state index contributed by atoms with van der Waals surface area (Å²) in [5.74, 6) is -2.86. The van der Waals surface area contributed by atoms with Crippen molar-refractivity contribution in [3.8, 4) is 0 Å². The fraction of sp³-hybridized carbons (Fsp3) is 0.364. The van der Waals surface area contributed by atoms with Gasteiger partial charge in [-0.25, -0.2) is 21.9 Å². The molecule has 1 aromatic carbocycles. The summed E-state index contributed by atoms with van der Waals surface area (Å²) in [6.45, 7) is 2.84. The van der Waals surface area contributed by atoms with E-state index in [1.165, 1.54) is 13.8 Å². The Labute approximate surface area is 123 Å². The molecule has 0 spiro atoms. The summed E-state index contributed by atoms with van der Waals surface area (Å²) in [6, 6.07) is 1.29. The standard InChI is InChI=1S/C11H13BrF2N2O3S/c1-11(2,5-9(15)17)16-20(18,19)10-7(12)3-6(13)4-8(10)14/h3-4,16H,5H2,1-2H3,(H2,15,17). The molecule has 0 heterocycles. The maximum atomic E-state index is 13.7. The number of rotatable bonds is 5. The van der Waals surface area contributed by atoms with Crippen LogP contribution in [-0.2, 0) is 14.8 Å². The van der Waals surface area contributed by atoms with Crippen molar-refractivity contribution in [2.24, 2.45) is 5.73 Å². The lowest BCUT2D eigenvalue weighted by molar-refractivity contribution is -0.119. The highest BCUT2D eigenvalue weighted by molar-refractivity contribution is 9.10. The van der Waals surface area contributed by atoms with Crippen LogP contribution in [0.1, 0.15) is 20.3 Å². The van der Waals surface area contributed by atoms with Crippen molar-refractivity contribution in [3.63, 3.8) is 0 Å². The fourth-order valence-corrected chi connectivity index (χ4v) is 4.25. The molecule has 0 fully saturated rings. The highest BCUT2D eigenvalue weighted by Crippen LogP contribution is 2.27. The molecule has 3 N–H and O–H groups in total. The number of primary amides is 1. The van der Waals surface area contributed by atoms with Crippen LogP contribution in [0.4, 0.5) is 8.78 Å². The van der Waals surface area contributed by atoms with Crippen LogP contribution >= 0.6 is 15.9 Å². The lowest BCUT2D eigenvalue weighted by atomic mass is 10.0. The van der Waals surface area contributed by atoms with Gasteiger partial charge < -0.3 is 5.73 Å². The van der Waals surface area contributed by atoms with Gasteiger partial charge in [0.1, 0.15) is 16.5 Å². The molecule has 112 valence electrons. The number of carbonyl (C=O) groups excluding carboxylic acids is 1. The Morgan fingerprint density at radius 1 is 1.40 bits per heavy atom. The van der Waals surface area contributed by atoms with Crippen LogP contribution < -0.4 is 10.5 Å². The summed E-state index contributed by atoms with van der Waals surface area (Å²) < 4.78 is 52.8. The molecule has 0 aliphatic heterocycles. The van der Waals surface area contributed by atoms with Crippen molar-refractivity contribution in [2.45, 2.75) is 30.7 Å². The second-order valence-corrected chi connectivity index (χ2v) is 7.30. The number of halogens is 3. The van der Waals surface area contributed by atoms with E-state index in [0.717, 1.165) is 6.07 Å². The Balaban J connectivity index is 3.22. The van der Waals surface area contributed by atoms with Gasteiger partial charge in [0.15, 0.2) is 0 Å². The lowest BCUT2D eigenvalue weighted by Gasteiger charge is -2.24. The van der Waals surface area contributed by atoms with Crippen molar-refractivity contribution >= 4 is 31.9 Å². The molecule has 1 aromatic rings. The number of nitrogens with two attached hydrogens (primary N) is 1. The molecular formula is C11H13BrF2N2O3S. The second-order valence-electron chi connectivity index (χ2n) is 4.83. The van der Waals surface area contributed by atoms with E-state index < -0.39 is 38.0 Å². The van der Waals surface area contributed by atoms with Gasteiger partial charge in [-0.15, -0.1) is 0 Å². The maximum Gasteiger partial charge on any atom is 0.245 e. The third kappa shape index (κ3) is 4.22. The fourth-order valence-electron chi connectivity index (χ4n) is 1.67. The molecule has 9 heteroatoms. The van der Waals surface area contributed by atoms with E-state index in [2.05, 4.69) is 20.7 Å².